The van der Waals surface area contributed by atoms with Gasteiger partial charge in [0, 0.05) is 57.5 Å². The zero-order valence-electron chi connectivity index (χ0n) is 19.6. The fourth-order valence-electron chi connectivity index (χ4n) is 4.17. The van der Waals surface area contributed by atoms with Crippen LogP contribution in [0.15, 0.2) is 64.7 Å². The number of rotatable bonds is 8. The quantitative estimate of drug-likeness (QED) is 0.330. The van der Waals surface area contributed by atoms with E-state index in [2.05, 4.69) is 15.0 Å². The Bertz CT molecular complexity index is 1120. The van der Waals surface area contributed by atoms with Crippen molar-refractivity contribution in [1.29, 1.82) is 0 Å². The van der Waals surface area contributed by atoms with Crippen LogP contribution in [-0.2, 0) is 9.59 Å². The molecule has 2 amide bonds. The van der Waals surface area contributed by atoms with Crippen molar-refractivity contribution in [2.45, 2.75) is 13.3 Å². The summed E-state index contributed by atoms with van der Waals surface area (Å²) in [5.41, 5.74) is 1.82. The molecular weight excluding hydrogens is 448 g/mol. The van der Waals surface area contributed by atoms with E-state index in [1.807, 2.05) is 42.2 Å². The molecule has 10 heteroatoms. The van der Waals surface area contributed by atoms with Gasteiger partial charge in [0.05, 0.1) is 22.9 Å². The van der Waals surface area contributed by atoms with Crippen molar-refractivity contribution < 1.29 is 14.5 Å². The lowest BCUT2D eigenvalue weighted by molar-refractivity contribution is -0.384. The predicted octanol–water partition coefficient (Wildman–Crippen LogP) is 2.59. The minimum Gasteiger partial charge on any atom is -0.340 e. The smallest absolute Gasteiger partial charge is 0.269 e. The number of carbonyl (C=O) groups excluding carboxylic acids is 2. The van der Waals surface area contributed by atoms with Gasteiger partial charge in [0.2, 0.25) is 5.91 Å². The van der Waals surface area contributed by atoms with Crippen molar-refractivity contribution in [1.82, 2.24) is 9.80 Å². The molecule has 0 aromatic heterocycles. The van der Waals surface area contributed by atoms with Gasteiger partial charge in [-0.1, -0.05) is 37.3 Å². The summed E-state index contributed by atoms with van der Waals surface area (Å²) in [6.07, 6.45) is 2.18. The van der Waals surface area contributed by atoms with Crippen molar-refractivity contribution in [3.63, 3.8) is 0 Å². The Balaban J connectivity index is 1.43. The van der Waals surface area contributed by atoms with Crippen LogP contribution in [0, 0.1) is 16.0 Å². The average molecular weight is 477 g/mol. The number of benzene rings is 2. The third-order valence-corrected chi connectivity index (χ3v) is 6.18. The molecule has 2 heterocycles. The molecule has 1 atom stereocenters. The third-order valence-electron chi connectivity index (χ3n) is 6.18. The topological polar surface area (TPSA) is 112 Å². The third kappa shape index (κ3) is 5.60. The zero-order valence-corrected chi connectivity index (χ0v) is 19.6. The van der Waals surface area contributed by atoms with Gasteiger partial charge in [-0.05, 0) is 17.7 Å². The first-order valence-corrected chi connectivity index (χ1v) is 11.7. The molecule has 2 aliphatic rings. The van der Waals surface area contributed by atoms with Crippen molar-refractivity contribution in [2.24, 2.45) is 16.0 Å². The number of hydrogen-bond acceptors (Lipinski definition) is 7. The van der Waals surface area contributed by atoms with E-state index in [-0.39, 0.29) is 17.5 Å². The molecule has 1 saturated heterocycles. The van der Waals surface area contributed by atoms with E-state index < -0.39 is 10.8 Å². The molecule has 0 N–H and O–H groups in total. The number of hydrazone groups is 1. The Kier molecular flexibility index (Phi) is 7.61. The fourth-order valence-corrected chi connectivity index (χ4v) is 4.17. The Labute approximate surface area is 203 Å². The lowest BCUT2D eigenvalue weighted by Crippen LogP contribution is -2.49. The molecule has 2 aromatic rings. The maximum Gasteiger partial charge on any atom is 0.269 e. The summed E-state index contributed by atoms with van der Waals surface area (Å²) in [6.45, 7) is 6.24. The summed E-state index contributed by atoms with van der Waals surface area (Å²) in [5, 5.41) is 16.8. The van der Waals surface area contributed by atoms with Crippen molar-refractivity contribution in [2.75, 3.05) is 44.3 Å². The zero-order chi connectivity index (χ0) is 24.8. The van der Waals surface area contributed by atoms with E-state index >= 15 is 0 Å². The molecule has 10 nitrogen and oxygen atoms in total. The molecule has 182 valence electrons. The number of nitro benzene ring substituents is 1. The van der Waals surface area contributed by atoms with Crippen LogP contribution in [0.1, 0.15) is 18.9 Å². The van der Waals surface area contributed by atoms with E-state index in [0.717, 1.165) is 38.3 Å². The Morgan fingerprint density at radius 1 is 1.11 bits per heavy atom. The molecule has 0 radical (unpaired) electrons. The van der Waals surface area contributed by atoms with Gasteiger partial charge in [0.15, 0.2) is 0 Å². The number of anilines is 1. The normalized spacial score (nSPS) is 18.8. The fraction of sp³-hybridized carbons (Fsp3) is 0.360. The molecule has 0 saturated carbocycles. The van der Waals surface area contributed by atoms with E-state index in [4.69, 9.17) is 0 Å². The second kappa shape index (κ2) is 11.0. The second-order valence-corrected chi connectivity index (χ2v) is 8.38. The van der Waals surface area contributed by atoms with Gasteiger partial charge in [-0.2, -0.15) is 10.1 Å². The summed E-state index contributed by atoms with van der Waals surface area (Å²) in [6, 6.07) is 15.2. The number of piperazine rings is 1. The summed E-state index contributed by atoms with van der Waals surface area (Å²) in [5.74, 6) is -0.715. The lowest BCUT2D eigenvalue weighted by Gasteiger charge is -2.34. The van der Waals surface area contributed by atoms with Crippen molar-refractivity contribution in [3.05, 3.63) is 70.3 Å². The van der Waals surface area contributed by atoms with Gasteiger partial charge in [-0.25, -0.2) is 0 Å². The van der Waals surface area contributed by atoms with Gasteiger partial charge >= 0.3 is 0 Å². The highest BCUT2D eigenvalue weighted by molar-refractivity contribution is 6.29. The number of amides is 2. The largest absolute Gasteiger partial charge is 0.340 e. The Hall–Kier alpha value is -3.92. The number of nitro groups is 1. The number of hydrogen-bond donors (Lipinski definition) is 0. The number of carbonyl (C=O) groups is 2. The highest BCUT2D eigenvalue weighted by Gasteiger charge is 2.36. The Morgan fingerprint density at radius 3 is 2.43 bits per heavy atom. The second-order valence-electron chi connectivity index (χ2n) is 8.38. The molecule has 4 rings (SSSR count). The first-order valence-electron chi connectivity index (χ1n) is 11.7. The standard InChI is InChI=1S/C25H28N6O4/c1-2-23(32)29-16-14-28(15-17-29)13-12-26-18-22-24(19-6-4-3-5-7-19)27-30(25(22)33)20-8-10-21(11-9-20)31(34)35/h3-11,18,22H,2,12-17H2,1H3. The molecular formula is C25H28N6O4. The van der Waals surface area contributed by atoms with Crippen LogP contribution in [0.3, 0.4) is 0 Å². The first-order chi connectivity index (χ1) is 17.0. The highest BCUT2D eigenvalue weighted by Crippen LogP contribution is 2.27. The monoisotopic (exact) mass is 476 g/mol. The minimum atomic E-state index is -0.647. The molecule has 2 aliphatic heterocycles. The SMILES string of the molecule is CCC(=O)N1CCN(CCN=CC2C(=O)N(c3ccc([N+](=O)[O-])cc3)N=C2c2ccccc2)CC1. The lowest BCUT2D eigenvalue weighted by atomic mass is 9.98. The van der Waals surface area contributed by atoms with Gasteiger partial charge in [0.25, 0.3) is 11.6 Å². The van der Waals surface area contributed by atoms with Gasteiger partial charge in [0.1, 0.15) is 5.92 Å². The summed E-state index contributed by atoms with van der Waals surface area (Å²) >= 11 is 0. The number of nitrogens with zero attached hydrogens (tertiary/aromatic N) is 6. The first kappa shape index (κ1) is 24.2. The van der Waals surface area contributed by atoms with E-state index in [0.29, 0.717) is 24.4 Å². The minimum absolute atomic E-state index is 0.0503. The van der Waals surface area contributed by atoms with Crippen LogP contribution < -0.4 is 5.01 Å². The van der Waals surface area contributed by atoms with E-state index in [1.54, 1.807) is 6.21 Å². The van der Waals surface area contributed by atoms with Crippen LogP contribution in [0.25, 0.3) is 0 Å². The molecule has 1 fully saturated rings. The number of aliphatic imine (C=N–C) groups is 1. The van der Waals surface area contributed by atoms with Gasteiger partial charge in [-0.3, -0.25) is 29.6 Å². The average Bonchev–Trinajstić information content (AvgIpc) is 3.23. The maximum absolute atomic E-state index is 13.3. The van der Waals surface area contributed by atoms with Gasteiger partial charge < -0.3 is 4.90 Å². The predicted molar refractivity (Wildman–Crippen MR) is 134 cm³/mol. The highest BCUT2D eigenvalue weighted by atomic mass is 16.6. The van der Waals surface area contributed by atoms with Crippen LogP contribution in [0.5, 0.6) is 0 Å². The van der Waals surface area contributed by atoms with Crippen LogP contribution >= 0.6 is 0 Å². The maximum atomic E-state index is 13.3. The molecule has 0 aliphatic carbocycles. The van der Waals surface area contributed by atoms with Crippen LogP contribution in [-0.4, -0.2) is 77.7 Å². The van der Waals surface area contributed by atoms with Crippen LogP contribution in [0.2, 0.25) is 0 Å². The summed E-state index contributed by atoms with van der Waals surface area (Å²) in [7, 11) is 0. The summed E-state index contributed by atoms with van der Waals surface area (Å²) < 4.78 is 0. The van der Waals surface area contributed by atoms with Crippen molar-refractivity contribution in [3.8, 4) is 0 Å². The molecule has 2 aromatic carbocycles. The molecule has 1 unspecified atom stereocenters. The van der Waals surface area contributed by atoms with Gasteiger partial charge in [-0.15, -0.1) is 0 Å². The summed E-state index contributed by atoms with van der Waals surface area (Å²) in [4.78, 5) is 44.3. The molecule has 0 bridgehead atoms. The molecule has 35 heavy (non-hydrogen) atoms. The Morgan fingerprint density at radius 2 is 1.80 bits per heavy atom. The number of non-ortho nitro benzene ring substituents is 1. The van der Waals surface area contributed by atoms with E-state index in [1.165, 1.54) is 29.3 Å². The van der Waals surface area contributed by atoms with Crippen LogP contribution in [0.4, 0.5) is 11.4 Å². The van der Waals surface area contributed by atoms with E-state index in [9.17, 15) is 19.7 Å². The molecule has 0 spiro atoms. The van der Waals surface area contributed by atoms with Crippen molar-refractivity contribution >= 4 is 35.1 Å².